The Morgan fingerprint density at radius 1 is 0.927 bits per heavy atom. The molecule has 0 radical (unpaired) electrons. The van der Waals surface area contributed by atoms with Gasteiger partial charge in [-0.25, -0.2) is 12.8 Å². The summed E-state index contributed by atoms with van der Waals surface area (Å²) in [6.45, 7) is 6.26. The van der Waals surface area contributed by atoms with Crippen LogP contribution in [0.4, 0.5) is 10.1 Å². The van der Waals surface area contributed by atoms with Gasteiger partial charge in [-0.3, -0.25) is 13.9 Å². The van der Waals surface area contributed by atoms with Gasteiger partial charge >= 0.3 is 0 Å². The molecule has 0 bridgehead atoms. The van der Waals surface area contributed by atoms with Crippen molar-refractivity contribution in [2.45, 2.75) is 57.1 Å². The number of carbonyl (C=O) groups is 2. The molecule has 0 spiro atoms. The predicted molar refractivity (Wildman–Crippen MR) is 161 cm³/mol. The standard InChI is InChI=1S/C29H31Cl3FN3O4S/c1-5-26(28(38)34-29(2,3)4)35(17-21-22(30)12-9-13-23(21)31)27(37)18-36(19-14-15-25(33)24(32)16-19)41(39,40)20-10-7-6-8-11-20/h6-16,26H,5,17-18H2,1-4H3,(H,34,38)/t26-/m1/s1. The molecule has 2 amide bonds. The van der Waals surface area contributed by atoms with Gasteiger partial charge in [0.05, 0.1) is 15.6 Å². The van der Waals surface area contributed by atoms with Gasteiger partial charge in [0.2, 0.25) is 11.8 Å². The maximum atomic E-state index is 14.1. The van der Waals surface area contributed by atoms with Crippen molar-refractivity contribution in [3.05, 3.63) is 93.2 Å². The minimum absolute atomic E-state index is 0.0310. The smallest absolute Gasteiger partial charge is 0.264 e. The van der Waals surface area contributed by atoms with Crippen molar-refractivity contribution in [1.29, 1.82) is 0 Å². The van der Waals surface area contributed by atoms with Crippen molar-refractivity contribution in [2.24, 2.45) is 0 Å². The van der Waals surface area contributed by atoms with Crippen LogP contribution in [0.2, 0.25) is 15.1 Å². The second kappa shape index (κ2) is 13.4. The molecule has 0 aliphatic rings. The van der Waals surface area contributed by atoms with Crippen molar-refractivity contribution in [3.63, 3.8) is 0 Å². The predicted octanol–water partition coefficient (Wildman–Crippen LogP) is 6.70. The molecule has 12 heteroatoms. The summed E-state index contributed by atoms with van der Waals surface area (Å²) in [5.41, 5.74) is -0.237. The molecular weight excluding hydrogens is 612 g/mol. The van der Waals surface area contributed by atoms with Crippen molar-refractivity contribution in [1.82, 2.24) is 10.2 Å². The number of halogens is 4. The van der Waals surface area contributed by atoms with E-state index < -0.39 is 45.8 Å². The first kappa shape index (κ1) is 32.7. The van der Waals surface area contributed by atoms with Crippen LogP contribution in [-0.2, 0) is 26.2 Å². The van der Waals surface area contributed by atoms with E-state index in [0.717, 1.165) is 16.4 Å². The van der Waals surface area contributed by atoms with Crippen LogP contribution in [0.5, 0.6) is 0 Å². The molecule has 3 aromatic rings. The fourth-order valence-electron chi connectivity index (χ4n) is 4.11. The van der Waals surface area contributed by atoms with Crippen molar-refractivity contribution in [3.8, 4) is 0 Å². The van der Waals surface area contributed by atoms with Gasteiger partial charge in [0.15, 0.2) is 0 Å². The maximum Gasteiger partial charge on any atom is 0.264 e. The Hall–Kier alpha value is -2.85. The molecule has 0 aliphatic heterocycles. The molecule has 0 aliphatic carbocycles. The summed E-state index contributed by atoms with van der Waals surface area (Å²) in [7, 11) is -4.33. The van der Waals surface area contributed by atoms with Crippen LogP contribution in [0.15, 0.2) is 71.6 Å². The average Bonchev–Trinajstić information content (AvgIpc) is 2.89. The summed E-state index contributed by atoms with van der Waals surface area (Å²) in [6.07, 6.45) is 0.212. The molecule has 0 aromatic heterocycles. The molecule has 3 aromatic carbocycles. The molecule has 41 heavy (non-hydrogen) atoms. The zero-order valence-electron chi connectivity index (χ0n) is 23.0. The van der Waals surface area contributed by atoms with Gasteiger partial charge in [0.1, 0.15) is 18.4 Å². The van der Waals surface area contributed by atoms with E-state index in [1.54, 1.807) is 64.1 Å². The summed E-state index contributed by atoms with van der Waals surface area (Å²) < 4.78 is 42.5. The third-order valence-electron chi connectivity index (χ3n) is 6.08. The highest BCUT2D eigenvalue weighted by Gasteiger charge is 2.35. The molecule has 0 unspecified atom stereocenters. The highest BCUT2D eigenvalue weighted by molar-refractivity contribution is 7.92. The summed E-state index contributed by atoms with van der Waals surface area (Å²) in [6, 6.07) is 14.7. The zero-order valence-corrected chi connectivity index (χ0v) is 26.1. The van der Waals surface area contributed by atoms with Crippen molar-refractivity contribution in [2.75, 3.05) is 10.8 Å². The van der Waals surface area contributed by atoms with Crippen LogP contribution in [0.3, 0.4) is 0 Å². The molecule has 220 valence electrons. The number of carbonyl (C=O) groups excluding carboxylic acids is 2. The Morgan fingerprint density at radius 2 is 1.54 bits per heavy atom. The molecule has 1 N–H and O–H groups in total. The molecule has 3 rings (SSSR count). The van der Waals surface area contributed by atoms with Crippen LogP contribution in [0.25, 0.3) is 0 Å². The van der Waals surface area contributed by atoms with Crippen molar-refractivity contribution < 1.29 is 22.4 Å². The molecular formula is C29H31Cl3FN3O4S. The normalized spacial score (nSPS) is 12.5. The Morgan fingerprint density at radius 3 is 2.07 bits per heavy atom. The van der Waals surface area contributed by atoms with Gasteiger partial charge in [0.25, 0.3) is 10.0 Å². The lowest BCUT2D eigenvalue weighted by molar-refractivity contribution is -0.141. The fraction of sp³-hybridized carbons (Fsp3) is 0.310. The van der Waals surface area contributed by atoms with E-state index in [0.29, 0.717) is 5.56 Å². The molecule has 7 nitrogen and oxygen atoms in total. The van der Waals surface area contributed by atoms with Crippen LogP contribution >= 0.6 is 34.8 Å². The first-order valence-electron chi connectivity index (χ1n) is 12.7. The van der Waals surface area contributed by atoms with E-state index in [2.05, 4.69) is 5.32 Å². The number of sulfonamides is 1. The third kappa shape index (κ3) is 8.13. The zero-order chi connectivity index (χ0) is 30.5. The van der Waals surface area contributed by atoms with E-state index in [1.807, 2.05) is 0 Å². The first-order valence-corrected chi connectivity index (χ1v) is 15.3. The molecule has 0 fully saturated rings. The average molecular weight is 643 g/mol. The van der Waals surface area contributed by atoms with Gasteiger partial charge in [0, 0.05) is 27.7 Å². The Bertz CT molecular complexity index is 1500. The Balaban J connectivity index is 2.13. The van der Waals surface area contributed by atoms with Crippen molar-refractivity contribution >= 4 is 62.3 Å². The Labute approximate surface area is 255 Å². The minimum atomic E-state index is -4.33. The van der Waals surface area contributed by atoms with Gasteiger partial charge in [-0.1, -0.05) is 66.0 Å². The quantitative estimate of drug-likeness (QED) is 0.267. The largest absolute Gasteiger partial charge is 0.350 e. The number of hydrogen-bond donors (Lipinski definition) is 1. The Kier molecular flexibility index (Phi) is 10.7. The first-order chi connectivity index (χ1) is 19.2. The van der Waals surface area contributed by atoms with Crippen LogP contribution in [-0.4, -0.2) is 43.3 Å². The van der Waals surface area contributed by atoms with Gasteiger partial charge in [-0.05, 0) is 69.7 Å². The third-order valence-corrected chi connectivity index (χ3v) is 8.86. The maximum absolute atomic E-state index is 14.1. The number of nitrogens with one attached hydrogen (secondary N) is 1. The molecule has 1 atom stereocenters. The topological polar surface area (TPSA) is 86.8 Å². The number of rotatable bonds is 10. The summed E-state index contributed by atoms with van der Waals surface area (Å²) in [5.74, 6) is -1.89. The number of anilines is 1. The molecule has 0 heterocycles. The summed E-state index contributed by atoms with van der Waals surface area (Å²) in [5, 5.41) is 3.12. The molecule has 0 saturated heterocycles. The second-order valence-corrected chi connectivity index (χ2v) is 13.4. The van der Waals surface area contributed by atoms with E-state index in [9.17, 15) is 22.4 Å². The van der Waals surface area contributed by atoms with E-state index >= 15 is 0 Å². The number of nitrogens with zero attached hydrogens (tertiary/aromatic N) is 2. The molecule has 0 saturated carbocycles. The van der Waals surface area contributed by atoms with Crippen LogP contribution < -0.4 is 9.62 Å². The van der Waals surface area contributed by atoms with Crippen LogP contribution in [0.1, 0.15) is 39.7 Å². The monoisotopic (exact) mass is 641 g/mol. The summed E-state index contributed by atoms with van der Waals surface area (Å²) in [4.78, 5) is 28.7. The number of hydrogen-bond acceptors (Lipinski definition) is 4. The number of benzene rings is 3. The van der Waals surface area contributed by atoms with E-state index in [1.165, 1.54) is 23.1 Å². The van der Waals surface area contributed by atoms with Gasteiger partial charge < -0.3 is 10.2 Å². The highest BCUT2D eigenvalue weighted by atomic mass is 35.5. The van der Waals surface area contributed by atoms with Gasteiger partial charge in [-0.15, -0.1) is 0 Å². The summed E-state index contributed by atoms with van der Waals surface area (Å²) >= 11 is 18.8. The highest BCUT2D eigenvalue weighted by Crippen LogP contribution is 2.30. The lowest BCUT2D eigenvalue weighted by Gasteiger charge is -2.35. The lowest BCUT2D eigenvalue weighted by atomic mass is 10.1. The lowest BCUT2D eigenvalue weighted by Crippen LogP contribution is -2.55. The SMILES string of the molecule is CC[C@H](C(=O)NC(C)(C)C)N(Cc1c(Cl)cccc1Cl)C(=O)CN(c1ccc(F)c(Cl)c1)S(=O)(=O)c1ccccc1. The fourth-order valence-corrected chi connectivity index (χ4v) is 6.23. The second-order valence-electron chi connectivity index (χ2n) is 10.3. The number of amides is 2. The van der Waals surface area contributed by atoms with E-state index in [4.69, 9.17) is 34.8 Å². The van der Waals surface area contributed by atoms with Gasteiger partial charge in [-0.2, -0.15) is 0 Å². The van der Waals surface area contributed by atoms with Crippen LogP contribution in [0, 0.1) is 5.82 Å². The van der Waals surface area contributed by atoms with E-state index in [-0.39, 0.29) is 38.6 Å². The minimum Gasteiger partial charge on any atom is -0.350 e.